The number of nitrogens with two attached hydrogens (primary N) is 1. The number of carbonyl (C=O) groups excluding carboxylic acids is 1. The molecule has 2 fully saturated rings. The van der Waals surface area contributed by atoms with E-state index in [0.717, 1.165) is 17.5 Å². The zero-order valence-electron chi connectivity index (χ0n) is 14.0. The minimum Gasteiger partial charge on any atom is -0.464 e. The van der Waals surface area contributed by atoms with E-state index in [-0.39, 0.29) is 24.9 Å². The molecule has 0 bridgehead atoms. The molecule has 26 heavy (non-hydrogen) atoms. The van der Waals surface area contributed by atoms with Gasteiger partial charge in [-0.25, -0.2) is 4.79 Å². The fourth-order valence-corrected chi connectivity index (χ4v) is 3.64. The van der Waals surface area contributed by atoms with Gasteiger partial charge in [-0.1, -0.05) is 0 Å². The highest BCUT2D eigenvalue weighted by Crippen LogP contribution is 2.40. The zero-order chi connectivity index (χ0) is 18.9. The first-order valence-electron chi connectivity index (χ1n) is 8.42. The number of esters is 1. The molecular weight excluding hydrogens is 342 g/mol. The Morgan fingerprint density at radius 1 is 1.58 bits per heavy atom. The van der Waals surface area contributed by atoms with Crippen molar-refractivity contribution in [1.82, 2.24) is 14.9 Å². The molecule has 10 nitrogen and oxygen atoms in total. The van der Waals surface area contributed by atoms with E-state index in [9.17, 15) is 25.1 Å². The predicted molar refractivity (Wildman–Crippen MR) is 88.6 cm³/mol. The highest BCUT2D eigenvalue weighted by Gasteiger charge is 2.55. The van der Waals surface area contributed by atoms with Crippen molar-refractivity contribution >= 4 is 11.8 Å². The van der Waals surface area contributed by atoms with E-state index in [1.54, 1.807) is 0 Å². The van der Waals surface area contributed by atoms with Crippen LogP contribution >= 0.6 is 0 Å². The number of nitrogens with one attached hydrogen (secondary N) is 1. The molecule has 1 aromatic rings. The van der Waals surface area contributed by atoms with Gasteiger partial charge in [0.15, 0.2) is 5.54 Å². The van der Waals surface area contributed by atoms with Crippen molar-refractivity contribution < 1.29 is 19.7 Å². The average Bonchev–Trinajstić information content (AvgIpc) is 3.23. The van der Waals surface area contributed by atoms with Crippen LogP contribution in [0.2, 0.25) is 0 Å². The highest BCUT2D eigenvalue weighted by molar-refractivity contribution is 5.76. The lowest BCUT2D eigenvalue weighted by Gasteiger charge is -2.27. The van der Waals surface area contributed by atoms with Crippen molar-refractivity contribution in [1.29, 1.82) is 5.26 Å². The van der Waals surface area contributed by atoms with E-state index in [2.05, 4.69) is 10.3 Å². The van der Waals surface area contributed by atoms with Crippen LogP contribution in [0.4, 0.5) is 5.82 Å². The summed E-state index contributed by atoms with van der Waals surface area (Å²) in [5, 5.41) is 33.5. The topological polar surface area (TPSA) is 163 Å². The number of anilines is 1. The van der Waals surface area contributed by atoms with Crippen molar-refractivity contribution in [2.24, 2.45) is 5.92 Å². The van der Waals surface area contributed by atoms with Gasteiger partial charge in [0.2, 0.25) is 0 Å². The summed E-state index contributed by atoms with van der Waals surface area (Å²) >= 11 is 0. The maximum atomic E-state index is 12.1. The summed E-state index contributed by atoms with van der Waals surface area (Å²) < 4.78 is 6.22. The van der Waals surface area contributed by atoms with E-state index >= 15 is 0 Å². The number of carbonyl (C=O) groups is 1. The summed E-state index contributed by atoms with van der Waals surface area (Å²) in [5.41, 5.74) is 2.95. The minimum absolute atomic E-state index is 0.0121. The molecule has 5 N–H and O–H groups in total. The van der Waals surface area contributed by atoms with Crippen molar-refractivity contribution in [3.05, 3.63) is 22.7 Å². The van der Waals surface area contributed by atoms with E-state index in [1.165, 1.54) is 12.3 Å². The molecule has 1 aliphatic carbocycles. The number of aliphatic hydroxyl groups excluding tert-OH is 2. The van der Waals surface area contributed by atoms with Gasteiger partial charge in [-0.05, 0) is 31.9 Å². The van der Waals surface area contributed by atoms with Crippen molar-refractivity contribution in [3.63, 3.8) is 0 Å². The molecule has 2 heterocycles. The van der Waals surface area contributed by atoms with Crippen molar-refractivity contribution in [3.8, 4) is 6.07 Å². The van der Waals surface area contributed by atoms with Gasteiger partial charge in [-0.3, -0.25) is 9.36 Å². The molecule has 0 radical (unpaired) electrons. The first-order chi connectivity index (χ1) is 12.4. The Kier molecular flexibility index (Phi) is 4.95. The van der Waals surface area contributed by atoms with Gasteiger partial charge in [0.05, 0.1) is 18.8 Å². The summed E-state index contributed by atoms with van der Waals surface area (Å²) in [6, 6.07) is 2.89. The number of aromatic nitrogens is 2. The predicted octanol–water partition coefficient (Wildman–Crippen LogP) is -1.92. The van der Waals surface area contributed by atoms with Crippen molar-refractivity contribution in [2.75, 3.05) is 18.9 Å². The van der Waals surface area contributed by atoms with Gasteiger partial charge in [0.25, 0.3) is 0 Å². The van der Waals surface area contributed by atoms with Crippen LogP contribution in [-0.2, 0) is 15.1 Å². The number of nitriles is 1. The van der Waals surface area contributed by atoms with E-state index in [1.807, 2.05) is 6.07 Å². The molecule has 140 valence electrons. The van der Waals surface area contributed by atoms with Gasteiger partial charge in [0.1, 0.15) is 18.0 Å². The summed E-state index contributed by atoms with van der Waals surface area (Å²) in [6.07, 6.45) is -0.102. The quantitative estimate of drug-likeness (QED) is 0.446. The zero-order valence-corrected chi connectivity index (χ0v) is 14.0. The second kappa shape index (κ2) is 7.03. The maximum Gasteiger partial charge on any atom is 0.350 e. The maximum absolute atomic E-state index is 12.1. The first-order valence-corrected chi connectivity index (χ1v) is 8.42. The Bertz CT molecular complexity index is 784. The largest absolute Gasteiger partial charge is 0.464 e. The molecule has 5 atom stereocenters. The van der Waals surface area contributed by atoms with Gasteiger partial charge in [-0.2, -0.15) is 10.2 Å². The third kappa shape index (κ3) is 3.05. The van der Waals surface area contributed by atoms with Gasteiger partial charge >= 0.3 is 11.7 Å². The molecular formula is C16H21N5O5. The molecule has 1 saturated heterocycles. The third-order valence-corrected chi connectivity index (χ3v) is 5.10. The smallest absolute Gasteiger partial charge is 0.350 e. The standard InChI is InChI=1S/C16H21N5O5/c17-8-16(21-5-3-11(18)20-15(21)25)6-9(12(22)13(16)23)7-26-14(24)10-2-1-4-19-10/h3,5,9-10,12-13,19,22-23H,1-2,4,6-7H2,(H2,18,20,25)/t9-,10-,12?,13?,16+/m1/s1. The Balaban J connectivity index is 1.78. The minimum atomic E-state index is -1.71. The summed E-state index contributed by atoms with van der Waals surface area (Å²) in [6.45, 7) is 0.588. The third-order valence-electron chi connectivity index (χ3n) is 5.10. The summed E-state index contributed by atoms with van der Waals surface area (Å²) in [5.74, 6) is -1.13. The molecule has 1 aromatic heterocycles. The molecule has 0 spiro atoms. The highest BCUT2D eigenvalue weighted by atomic mass is 16.5. The Labute approximate surface area is 149 Å². The van der Waals surface area contributed by atoms with E-state index in [0.29, 0.717) is 6.42 Å². The lowest BCUT2D eigenvalue weighted by Crippen LogP contribution is -2.48. The van der Waals surface area contributed by atoms with Crippen LogP contribution in [0.15, 0.2) is 17.1 Å². The number of ether oxygens (including phenoxy) is 1. The number of nitrogens with zero attached hydrogens (tertiary/aromatic N) is 3. The molecule has 10 heteroatoms. The molecule has 1 saturated carbocycles. The summed E-state index contributed by atoms with van der Waals surface area (Å²) in [7, 11) is 0. The Morgan fingerprint density at radius 3 is 2.96 bits per heavy atom. The van der Waals surface area contributed by atoms with E-state index < -0.39 is 35.3 Å². The number of nitrogen functional groups attached to an aromatic ring is 1. The monoisotopic (exact) mass is 363 g/mol. The molecule has 2 unspecified atom stereocenters. The lowest BCUT2D eigenvalue weighted by atomic mass is 9.95. The first kappa shape index (κ1) is 18.3. The van der Waals surface area contributed by atoms with Crippen LogP contribution in [0.1, 0.15) is 19.3 Å². The molecule has 0 amide bonds. The SMILES string of the molecule is N#C[C@@]1(n2ccc(N)nc2=O)C[C@H](COC(=O)[C@H]2CCCN2)C(O)C1O. The summed E-state index contributed by atoms with van der Waals surface area (Å²) in [4.78, 5) is 27.7. The molecule has 3 rings (SSSR count). The van der Waals surface area contributed by atoms with Crippen LogP contribution < -0.4 is 16.7 Å². The second-order valence-electron chi connectivity index (χ2n) is 6.72. The molecule has 0 aromatic carbocycles. The van der Waals surface area contributed by atoms with Crippen molar-refractivity contribution in [2.45, 2.75) is 43.1 Å². The van der Waals surface area contributed by atoms with E-state index in [4.69, 9.17) is 10.5 Å². The van der Waals surface area contributed by atoms with Gasteiger partial charge in [-0.15, -0.1) is 0 Å². The van der Waals surface area contributed by atoms with Gasteiger partial charge < -0.3 is 26.0 Å². The molecule has 2 aliphatic rings. The average molecular weight is 363 g/mol. The fourth-order valence-electron chi connectivity index (χ4n) is 3.64. The number of hydrogen-bond acceptors (Lipinski definition) is 9. The van der Waals surface area contributed by atoms with Crippen LogP contribution in [0.3, 0.4) is 0 Å². The van der Waals surface area contributed by atoms with Crippen LogP contribution in [0, 0.1) is 17.2 Å². The van der Waals surface area contributed by atoms with Crippen LogP contribution in [0.5, 0.6) is 0 Å². The fraction of sp³-hybridized carbons (Fsp3) is 0.625. The van der Waals surface area contributed by atoms with Crippen LogP contribution in [0.25, 0.3) is 0 Å². The number of hydrogen-bond donors (Lipinski definition) is 4. The Morgan fingerprint density at radius 2 is 2.35 bits per heavy atom. The normalized spacial score (nSPS) is 33.7. The Hall–Kier alpha value is -2.48. The number of rotatable bonds is 4. The van der Waals surface area contributed by atoms with Gasteiger partial charge in [0, 0.05) is 12.1 Å². The lowest BCUT2D eigenvalue weighted by molar-refractivity contribution is -0.148. The second-order valence-corrected chi connectivity index (χ2v) is 6.72. The number of aliphatic hydroxyl groups is 2. The van der Waals surface area contributed by atoms with Crippen LogP contribution in [-0.4, -0.2) is 57.1 Å². The molecule has 1 aliphatic heterocycles.